The van der Waals surface area contributed by atoms with Gasteiger partial charge >= 0.3 is 6.09 Å². The minimum atomic E-state index is -1.37. The third-order valence-corrected chi connectivity index (χ3v) is 2.70. The highest BCUT2D eigenvalue weighted by Crippen LogP contribution is 2.35. The zero-order valence-electron chi connectivity index (χ0n) is 10.7. The summed E-state index contributed by atoms with van der Waals surface area (Å²) in [6, 6.07) is 0. The summed E-state index contributed by atoms with van der Waals surface area (Å²) in [5.74, 6) is -0.471. The standard InChI is InChI=1S/C10H20N2O4/c1-9(2,3)10(4,16-8(11)14)7(13)12(5)15-6/h1-6H3,(H2,11,14). The van der Waals surface area contributed by atoms with Crippen molar-refractivity contribution in [2.75, 3.05) is 14.2 Å². The molecule has 0 aliphatic carbocycles. The number of hydroxylamine groups is 2. The van der Waals surface area contributed by atoms with Crippen molar-refractivity contribution in [3.05, 3.63) is 0 Å². The number of ether oxygens (including phenoxy) is 1. The van der Waals surface area contributed by atoms with Crippen molar-refractivity contribution in [2.24, 2.45) is 11.1 Å². The Morgan fingerprint density at radius 1 is 1.19 bits per heavy atom. The number of carbonyl (C=O) groups is 2. The number of carbonyl (C=O) groups excluding carboxylic acids is 2. The van der Waals surface area contributed by atoms with Crippen LogP contribution in [0.2, 0.25) is 0 Å². The minimum absolute atomic E-state index is 0.471. The Morgan fingerprint density at radius 3 is 1.88 bits per heavy atom. The molecule has 0 fully saturated rings. The number of primary amides is 1. The van der Waals surface area contributed by atoms with E-state index in [0.717, 1.165) is 5.06 Å². The Hall–Kier alpha value is -1.30. The van der Waals surface area contributed by atoms with Crippen molar-refractivity contribution in [2.45, 2.75) is 33.3 Å². The quantitative estimate of drug-likeness (QED) is 0.733. The molecule has 6 nitrogen and oxygen atoms in total. The maximum atomic E-state index is 12.0. The van der Waals surface area contributed by atoms with E-state index in [2.05, 4.69) is 0 Å². The predicted octanol–water partition coefficient (Wildman–Crippen LogP) is 0.906. The first-order valence-electron chi connectivity index (χ1n) is 4.87. The van der Waals surface area contributed by atoms with Crippen LogP contribution in [0.3, 0.4) is 0 Å². The molecule has 0 aromatic rings. The van der Waals surface area contributed by atoms with Crippen LogP contribution in [0.5, 0.6) is 0 Å². The number of hydrogen-bond acceptors (Lipinski definition) is 4. The molecule has 1 atom stereocenters. The average Bonchev–Trinajstić information content (AvgIpc) is 2.12. The van der Waals surface area contributed by atoms with Crippen molar-refractivity contribution >= 4 is 12.0 Å². The van der Waals surface area contributed by atoms with Crippen LogP contribution >= 0.6 is 0 Å². The largest absolute Gasteiger partial charge is 0.433 e. The maximum absolute atomic E-state index is 12.0. The third-order valence-electron chi connectivity index (χ3n) is 2.70. The zero-order chi connectivity index (χ0) is 13.1. The number of nitrogens with zero attached hydrogens (tertiary/aromatic N) is 1. The highest BCUT2D eigenvalue weighted by Gasteiger charge is 2.49. The van der Waals surface area contributed by atoms with E-state index in [1.54, 1.807) is 20.8 Å². The van der Waals surface area contributed by atoms with Crippen LogP contribution in [0, 0.1) is 5.41 Å². The Bertz CT molecular complexity index is 285. The van der Waals surface area contributed by atoms with Crippen LogP contribution in [0.4, 0.5) is 4.79 Å². The molecule has 6 heteroatoms. The van der Waals surface area contributed by atoms with Crippen molar-refractivity contribution in [3.63, 3.8) is 0 Å². The van der Waals surface area contributed by atoms with Gasteiger partial charge in [-0.05, 0) is 6.92 Å². The normalized spacial score (nSPS) is 15.1. The van der Waals surface area contributed by atoms with Gasteiger partial charge in [-0.2, -0.15) is 0 Å². The lowest BCUT2D eigenvalue weighted by Crippen LogP contribution is -2.56. The van der Waals surface area contributed by atoms with Crippen LogP contribution in [0.15, 0.2) is 0 Å². The first kappa shape index (κ1) is 14.7. The number of hydrogen-bond donors (Lipinski definition) is 1. The Balaban J connectivity index is 5.24. The van der Waals surface area contributed by atoms with Crippen molar-refractivity contribution < 1.29 is 19.2 Å². The molecular weight excluding hydrogens is 212 g/mol. The molecule has 1 unspecified atom stereocenters. The molecule has 0 saturated heterocycles. The third kappa shape index (κ3) is 2.85. The predicted molar refractivity (Wildman–Crippen MR) is 58.3 cm³/mol. The molecule has 2 amide bonds. The fourth-order valence-electron chi connectivity index (χ4n) is 1.10. The summed E-state index contributed by atoms with van der Waals surface area (Å²) < 4.78 is 4.95. The van der Waals surface area contributed by atoms with Crippen molar-refractivity contribution in [1.29, 1.82) is 0 Å². The van der Waals surface area contributed by atoms with E-state index in [-0.39, 0.29) is 0 Å². The average molecular weight is 232 g/mol. The molecule has 0 aromatic carbocycles. The van der Waals surface area contributed by atoms with E-state index in [1.807, 2.05) is 0 Å². The summed E-state index contributed by atoms with van der Waals surface area (Å²) >= 11 is 0. The molecule has 16 heavy (non-hydrogen) atoms. The lowest BCUT2D eigenvalue weighted by atomic mass is 9.77. The summed E-state index contributed by atoms with van der Waals surface area (Å²) in [4.78, 5) is 27.7. The SMILES string of the molecule is CON(C)C(=O)C(C)(OC(N)=O)C(C)(C)C. The number of amides is 2. The highest BCUT2D eigenvalue weighted by atomic mass is 16.7. The molecule has 94 valence electrons. The van der Waals surface area contributed by atoms with Gasteiger partial charge in [-0.25, -0.2) is 9.86 Å². The lowest BCUT2D eigenvalue weighted by Gasteiger charge is -2.40. The lowest BCUT2D eigenvalue weighted by molar-refractivity contribution is -0.196. The first-order chi connectivity index (χ1) is 7.06. The van der Waals surface area contributed by atoms with Crippen LogP contribution in [0.25, 0.3) is 0 Å². The van der Waals surface area contributed by atoms with Crippen LogP contribution in [0.1, 0.15) is 27.7 Å². The van der Waals surface area contributed by atoms with Gasteiger partial charge in [0.2, 0.25) is 0 Å². The number of likely N-dealkylation sites (N-methyl/N-ethyl adjacent to an activating group) is 1. The summed E-state index contributed by atoms with van der Waals surface area (Å²) in [7, 11) is 2.79. The summed E-state index contributed by atoms with van der Waals surface area (Å²) in [5.41, 5.74) is 3.01. The fourth-order valence-corrected chi connectivity index (χ4v) is 1.10. The van der Waals surface area contributed by atoms with E-state index in [0.29, 0.717) is 0 Å². The molecule has 0 aromatic heterocycles. The Labute approximate surface area is 95.6 Å². The molecular formula is C10H20N2O4. The second-order valence-corrected chi connectivity index (χ2v) is 4.69. The van der Waals surface area contributed by atoms with E-state index in [1.165, 1.54) is 21.1 Å². The molecule has 0 rings (SSSR count). The van der Waals surface area contributed by atoms with Crippen LogP contribution in [-0.4, -0.2) is 36.8 Å². The van der Waals surface area contributed by atoms with Gasteiger partial charge in [0.25, 0.3) is 5.91 Å². The Morgan fingerprint density at radius 2 is 1.62 bits per heavy atom. The smallest absolute Gasteiger partial charge is 0.405 e. The molecule has 2 N–H and O–H groups in total. The summed E-state index contributed by atoms with van der Waals surface area (Å²) in [6.45, 7) is 6.83. The monoisotopic (exact) mass is 232 g/mol. The topological polar surface area (TPSA) is 81.9 Å². The van der Waals surface area contributed by atoms with Gasteiger partial charge in [-0.1, -0.05) is 20.8 Å². The molecule has 0 radical (unpaired) electrons. The van der Waals surface area contributed by atoms with Gasteiger partial charge in [0, 0.05) is 12.5 Å². The first-order valence-corrected chi connectivity index (χ1v) is 4.87. The summed E-state index contributed by atoms with van der Waals surface area (Å²) in [6.07, 6.45) is -0.990. The van der Waals surface area contributed by atoms with Crippen molar-refractivity contribution in [3.8, 4) is 0 Å². The van der Waals surface area contributed by atoms with Crippen LogP contribution in [-0.2, 0) is 14.4 Å². The minimum Gasteiger partial charge on any atom is -0.433 e. The van der Waals surface area contributed by atoms with Gasteiger partial charge < -0.3 is 10.5 Å². The van der Waals surface area contributed by atoms with E-state index in [9.17, 15) is 9.59 Å². The molecule has 0 spiro atoms. The van der Waals surface area contributed by atoms with Gasteiger partial charge in [0.05, 0.1) is 7.11 Å². The van der Waals surface area contributed by atoms with Gasteiger partial charge in [0.15, 0.2) is 5.60 Å². The number of nitrogens with two attached hydrogens (primary N) is 1. The van der Waals surface area contributed by atoms with E-state index in [4.69, 9.17) is 15.3 Å². The second-order valence-electron chi connectivity index (χ2n) is 4.69. The van der Waals surface area contributed by atoms with E-state index >= 15 is 0 Å². The van der Waals surface area contributed by atoms with E-state index < -0.39 is 23.0 Å². The van der Waals surface area contributed by atoms with Crippen molar-refractivity contribution in [1.82, 2.24) is 5.06 Å². The van der Waals surface area contributed by atoms with Gasteiger partial charge in [0.1, 0.15) is 0 Å². The second kappa shape index (κ2) is 4.69. The molecule has 0 saturated carbocycles. The van der Waals surface area contributed by atoms with Gasteiger partial charge in [-0.15, -0.1) is 0 Å². The fraction of sp³-hybridized carbons (Fsp3) is 0.800. The molecule has 0 aliphatic heterocycles. The highest BCUT2D eigenvalue weighted by molar-refractivity contribution is 5.87. The zero-order valence-corrected chi connectivity index (χ0v) is 10.7. The number of rotatable bonds is 3. The molecule has 0 bridgehead atoms. The maximum Gasteiger partial charge on any atom is 0.405 e. The Kier molecular flexibility index (Phi) is 4.31. The molecule has 0 heterocycles. The van der Waals surface area contributed by atoms with Crippen LogP contribution < -0.4 is 5.73 Å². The van der Waals surface area contributed by atoms with Gasteiger partial charge in [-0.3, -0.25) is 9.63 Å². The molecule has 0 aliphatic rings. The summed E-state index contributed by atoms with van der Waals surface area (Å²) in [5, 5.41) is 1.01.